The highest BCUT2D eigenvalue weighted by Gasteiger charge is 2.07. The third kappa shape index (κ3) is 6.37. The lowest BCUT2D eigenvalue weighted by Gasteiger charge is -2.08. The minimum atomic E-state index is -0.370. The van der Waals surface area contributed by atoms with Gasteiger partial charge in [-0.1, -0.05) is 11.6 Å². The first kappa shape index (κ1) is 17.1. The minimum absolute atomic E-state index is 0.0764. The molecule has 0 aliphatic heterocycles. The highest BCUT2D eigenvalue weighted by atomic mass is 35.5. The number of rotatable bonds is 6. The molecule has 6 nitrogen and oxygen atoms in total. The van der Waals surface area contributed by atoms with Crippen LogP contribution in [0.5, 0.6) is 0 Å². The van der Waals surface area contributed by atoms with E-state index in [0.717, 1.165) is 5.56 Å². The van der Waals surface area contributed by atoms with E-state index < -0.39 is 0 Å². The van der Waals surface area contributed by atoms with Crippen molar-refractivity contribution in [3.8, 4) is 0 Å². The van der Waals surface area contributed by atoms with Crippen LogP contribution in [-0.2, 0) is 14.3 Å². The van der Waals surface area contributed by atoms with Crippen molar-refractivity contribution in [3.05, 3.63) is 28.8 Å². The Morgan fingerprint density at radius 2 is 2.05 bits per heavy atom. The maximum atomic E-state index is 11.9. The third-order valence-electron chi connectivity index (χ3n) is 2.53. The molecule has 2 N–H and O–H groups in total. The summed E-state index contributed by atoms with van der Waals surface area (Å²) in [4.78, 5) is 23.0. The van der Waals surface area contributed by atoms with Gasteiger partial charge in [-0.2, -0.15) is 5.10 Å². The number of amides is 2. The molecule has 2 amide bonds. The fourth-order valence-corrected chi connectivity index (χ4v) is 1.78. The number of hydrazone groups is 1. The van der Waals surface area contributed by atoms with E-state index in [4.69, 9.17) is 11.6 Å². The molecule has 0 aliphatic carbocycles. The summed E-state index contributed by atoms with van der Waals surface area (Å²) < 4.78 is 4.65. The predicted octanol–water partition coefficient (Wildman–Crippen LogP) is 2.12. The zero-order chi connectivity index (χ0) is 15.8. The van der Waals surface area contributed by atoms with Crippen LogP contribution in [0, 0.1) is 6.92 Å². The second kappa shape index (κ2) is 8.39. The Hall–Kier alpha value is -1.92. The van der Waals surface area contributed by atoms with Gasteiger partial charge in [-0.15, -0.1) is 0 Å². The van der Waals surface area contributed by atoms with E-state index in [0.29, 0.717) is 16.4 Å². The van der Waals surface area contributed by atoms with Crippen LogP contribution >= 0.6 is 11.6 Å². The fourth-order valence-electron chi connectivity index (χ4n) is 1.55. The molecule has 21 heavy (non-hydrogen) atoms. The van der Waals surface area contributed by atoms with Crippen molar-refractivity contribution in [2.75, 3.05) is 19.0 Å². The molecule has 0 saturated heterocycles. The van der Waals surface area contributed by atoms with Gasteiger partial charge in [-0.3, -0.25) is 9.59 Å². The summed E-state index contributed by atoms with van der Waals surface area (Å²) >= 11 is 5.85. The van der Waals surface area contributed by atoms with Crippen molar-refractivity contribution in [2.45, 2.75) is 20.3 Å². The summed E-state index contributed by atoms with van der Waals surface area (Å²) in [5.41, 5.74) is 4.36. The molecule has 1 rings (SSSR count). The summed E-state index contributed by atoms with van der Waals surface area (Å²) in [7, 11) is 1.41. The lowest BCUT2D eigenvalue weighted by atomic mass is 10.2. The molecule has 0 spiro atoms. The number of hydrogen-bond acceptors (Lipinski definition) is 4. The highest BCUT2D eigenvalue weighted by Crippen LogP contribution is 2.19. The molecule has 0 bridgehead atoms. The van der Waals surface area contributed by atoms with Crippen LogP contribution in [0.1, 0.15) is 18.9 Å². The number of ether oxygens (including phenoxy) is 1. The van der Waals surface area contributed by atoms with E-state index in [9.17, 15) is 9.59 Å². The van der Waals surface area contributed by atoms with Crippen LogP contribution in [0.15, 0.2) is 23.3 Å². The van der Waals surface area contributed by atoms with Gasteiger partial charge in [-0.25, -0.2) is 5.43 Å². The van der Waals surface area contributed by atoms with Crippen molar-refractivity contribution in [1.82, 2.24) is 5.43 Å². The van der Waals surface area contributed by atoms with E-state index in [1.165, 1.54) is 7.11 Å². The number of aryl methyl sites for hydroxylation is 1. The number of hydrogen-bond donors (Lipinski definition) is 2. The molecule has 0 aromatic heterocycles. The topological polar surface area (TPSA) is 79.8 Å². The maximum absolute atomic E-state index is 11.9. The second-order valence-electron chi connectivity index (χ2n) is 4.50. The zero-order valence-corrected chi connectivity index (χ0v) is 13.0. The van der Waals surface area contributed by atoms with E-state index in [1.807, 2.05) is 6.92 Å². The van der Waals surface area contributed by atoms with Gasteiger partial charge in [0.1, 0.15) is 6.61 Å². The molecular weight excluding hydrogens is 294 g/mol. The summed E-state index contributed by atoms with van der Waals surface area (Å²) in [6.07, 6.45) is 0.0787. The Balaban J connectivity index is 2.53. The number of carbonyl (C=O) groups is 2. The Labute approximate surface area is 128 Å². The quantitative estimate of drug-likeness (QED) is 0.624. The molecule has 0 heterocycles. The number of anilines is 1. The Morgan fingerprint density at radius 3 is 2.67 bits per heavy atom. The van der Waals surface area contributed by atoms with Gasteiger partial charge in [-0.05, 0) is 37.6 Å². The van der Waals surface area contributed by atoms with E-state index in [1.54, 1.807) is 25.1 Å². The molecule has 0 unspecified atom stereocenters. The highest BCUT2D eigenvalue weighted by molar-refractivity contribution is 6.30. The maximum Gasteiger partial charge on any atom is 0.266 e. The van der Waals surface area contributed by atoms with Gasteiger partial charge in [0.05, 0.1) is 6.42 Å². The van der Waals surface area contributed by atoms with Crippen LogP contribution in [0.3, 0.4) is 0 Å². The smallest absolute Gasteiger partial charge is 0.266 e. The van der Waals surface area contributed by atoms with Crippen molar-refractivity contribution in [3.63, 3.8) is 0 Å². The van der Waals surface area contributed by atoms with Crippen LogP contribution in [0.25, 0.3) is 0 Å². The Morgan fingerprint density at radius 1 is 1.33 bits per heavy atom. The van der Waals surface area contributed by atoms with Crippen LogP contribution in [-0.4, -0.2) is 31.2 Å². The van der Waals surface area contributed by atoms with E-state index in [2.05, 4.69) is 20.6 Å². The molecule has 0 aliphatic rings. The molecule has 0 radical (unpaired) electrons. The molecule has 0 fully saturated rings. The second-order valence-corrected chi connectivity index (χ2v) is 4.94. The monoisotopic (exact) mass is 311 g/mol. The van der Waals surface area contributed by atoms with Crippen molar-refractivity contribution in [1.29, 1.82) is 0 Å². The van der Waals surface area contributed by atoms with Gasteiger partial charge in [0.25, 0.3) is 5.91 Å². The van der Waals surface area contributed by atoms with E-state index in [-0.39, 0.29) is 24.8 Å². The lowest BCUT2D eigenvalue weighted by Crippen LogP contribution is -2.24. The summed E-state index contributed by atoms with van der Waals surface area (Å²) in [5.74, 6) is -0.589. The molecule has 114 valence electrons. The van der Waals surface area contributed by atoms with E-state index >= 15 is 0 Å². The van der Waals surface area contributed by atoms with Gasteiger partial charge in [0.15, 0.2) is 0 Å². The summed E-state index contributed by atoms with van der Waals surface area (Å²) in [5, 5.41) is 7.20. The van der Waals surface area contributed by atoms with Crippen molar-refractivity contribution >= 4 is 34.8 Å². The van der Waals surface area contributed by atoms with Crippen LogP contribution in [0.2, 0.25) is 5.02 Å². The zero-order valence-electron chi connectivity index (χ0n) is 12.2. The first-order chi connectivity index (χ1) is 9.92. The van der Waals surface area contributed by atoms with Gasteiger partial charge in [0.2, 0.25) is 5.91 Å². The van der Waals surface area contributed by atoms with Crippen molar-refractivity contribution < 1.29 is 14.3 Å². The largest absolute Gasteiger partial charge is 0.375 e. The van der Waals surface area contributed by atoms with Crippen LogP contribution in [0.4, 0.5) is 5.69 Å². The third-order valence-corrected chi connectivity index (χ3v) is 2.76. The average Bonchev–Trinajstić information content (AvgIpc) is 2.40. The van der Waals surface area contributed by atoms with Crippen LogP contribution < -0.4 is 10.7 Å². The first-order valence-electron chi connectivity index (χ1n) is 6.29. The number of nitrogens with one attached hydrogen (secondary N) is 2. The number of carbonyl (C=O) groups excluding carboxylic acids is 2. The average molecular weight is 312 g/mol. The standard InChI is InChI=1S/C14H18ClN3O3/c1-9-6-11(15)4-5-12(9)16-13(19)7-10(2)17-18-14(20)8-21-3/h4-6H,7-8H2,1-3H3,(H,16,19)(H,18,20)/b17-10-. The predicted molar refractivity (Wildman–Crippen MR) is 82.6 cm³/mol. The normalized spacial score (nSPS) is 11.1. The minimum Gasteiger partial charge on any atom is -0.375 e. The Kier molecular flexibility index (Phi) is 6.84. The van der Waals surface area contributed by atoms with Crippen molar-refractivity contribution in [2.24, 2.45) is 5.10 Å². The van der Waals surface area contributed by atoms with Gasteiger partial charge >= 0.3 is 0 Å². The molecule has 7 heteroatoms. The molecule has 0 saturated carbocycles. The number of benzene rings is 1. The van der Waals surface area contributed by atoms with Gasteiger partial charge in [0, 0.05) is 23.5 Å². The summed E-state index contributed by atoms with van der Waals surface area (Å²) in [6.45, 7) is 3.43. The number of nitrogens with zero attached hydrogens (tertiary/aromatic N) is 1. The summed E-state index contributed by atoms with van der Waals surface area (Å²) in [6, 6.07) is 5.21. The molecular formula is C14H18ClN3O3. The molecule has 1 aromatic rings. The number of methoxy groups -OCH3 is 1. The Bertz CT molecular complexity index is 558. The SMILES string of the molecule is COCC(=O)N/N=C(/C)CC(=O)Nc1ccc(Cl)cc1C. The fraction of sp³-hybridized carbons (Fsp3) is 0.357. The number of halogens is 1. The molecule has 0 atom stereocenters. The van der Waals surface area contributed by atoms with Gasteiger partial charge < -0.3 is 10.1 Å². The molecule has 1 aromatic carbocycles. The lowest BCUT2D eigenvalue weighted by molar-refractivity contribution is -0.124. The first-order valence-corrected chi connectivity index (χ1v) is 6.67.